The van der Waals surface area contributed by atoms with E-state index in [1.807, 2.05) is 30.3 Å². The molecule has 4 rings (SSSR count). The molecule has 1 saturated heterocycles. The lowest BCUT2D eigenvalue weighted by Gasteiger charge is -2.34. The van der Waals surface area contributed by atoms with E-state index in [9.17, 15) is 8.42 Å². The first-order chi connectivity index (χ1) is 14.4. The number of benzene rings is 1. The molecule has 0 N–H and O–H groups in total. The second-order valence-corrected chi connectivity index (χ2v) is 10.8. The Morgan fingerprint density at radius 2 is 1.77 bits per heavy atom. The van der Waals surface area contributed by atoms with Crippen LogP contribution >= 0.6 is 0 Å². The number of hydrogen-bond acceptors (Lipinski definition) is 4. The van der Waals surface area contributed by atoms with Crippen LogP contribution in [0, 0.1) is 0 Å². The first kappa shape index (κ1) is 21.5. The molecular weight excluding hydrogens is 398 g/mol. The fourth-order valence-corrected chi connectivity index (χ4v) is 6.54. The van der Waals surface area contributed by atoms with Crippen molar-refractivity contribution in [2.24, 2.45) is 0 Å². The minimum absolute atomic E-state index is 0.0978. The summed E-state index contributed by atoms with van der Waals surface area (Å²) in [6, 6.07) is 9.75. The van der Waals surface area contributed by atoms with Crippen molar-refractivity contribution in [1.82, 2.24) is 13.6 Å². The van der Waals surface area contributed by atoms with Crippen LogP contribution in [0.3, 0.4) is 0 Å². The smallest absolute Gasteiger partial charge is 0.282 e. The van der Waals surface area contributed by atoms with E-state index in [2.05, 4.69) is 13.8 Å². The highest BCUT2D eigenvalue weighted by Crippen LogP contribution is 2.39. The van der Waals surface area contributed by atoms with Gasteiger partial charge in [0.15, 0.2) is 0 Å². The minimum Gasteiger partial charge on any atom is -0.443 e. The third-order valence-electron chi connectivity index (χ3n) is 6.48. The van der Waals surface area contributed by atoms with Crippen molar-refractivity contribution in [2.45, 2.75) is 76.8 Å². The highest BCUT2D eigenvalue weighted by Gasteiger charge is 2.42. The maximum atomic E-state index is 13.5. The van der Waals surface area contributed by atoms with Crippen molar-refractivity contribution < 1.29 is 12.8 Å². The van der Waals surface area contributed by atoms with Crippen molar-refractivity contribution in [1.29, 1.82) is 0 Å². The predicted molar refractivity (Wildman–Crippen MR) is 118 cm³/mol. The molecule has 7 heteroatoms. The van der Waals surface area contributed by atoms with Crippen molar-refractivity contribution in [3.05, 3.63) is 42.0 Å². The molecule has 2 heterocycles. The van der Waals surface area contributed by atoms with Crippen LogP contribution < -0.4 is 0 Å². The minimum atomic E-state index is -3.56. The van der Waals surface area contributed by atoms with Gasteiger partial charge in [0.1, 0.15) is 17.5 Å². The normalized spacial score (nSPS) is 21.7. The van der Waals surface area contributed by atoms with Gasteiger partial charge in [0.2, 0.25) is 5.89 Å². The van der Waals surface area contributed by atoms with Crippen molar-refractivity contribution >= 4 is 10.2 Å². The van der Waals surface area contributed by atoms with Crippen LogP contribution in [0.1, 0.15) is 82.4 Å². The Kier molecular flexibility index (Phi) is 6.32. The molecule has 0 unspecified atom stereocenters. The standard InChI is InChI=1S/C23H33N3O3S/c1-17(2)22-21(18-11-6-4-7-12-18)24-23(29-22)20-15-10-16-26(20)30(27,28)25(3)19-13-8-5-9-14-19/h4,6-7,11-12,17,19-20H,5,8-10,13-16H2,1-3H3/t20-/m1/s1. The summed E-state index contributed by atoms with van der Waals surface area (Å²) < 4.78 is 36.4. The van der Waals surface area contributed by atoms with Gasteiger partial charge in [-0.2, -0.15) is 17.0 Å². The van der Waals surface area contributed by atoms with Crippen LogP contribution in [0.5, 0.6) is 0 Å². The summed E-state index contributed by atoms with van der Waals surface area (Å²) in [7, 11) is -1.82. The van der Waals surface area contributed by atoms with Gasteiger partial charge in [-0.3, -0.25) is 0 Å². The third kappa shape index (κ3) is 4.07. The van der Waals surface area contributed by atoms with Gasteiger partial charge in [0, 0.05) is 31.1 Å². The zero-order chi connectivity index (χ0) is 21.3. The van der Waals surface area contributed by atoms with Crippen molar-refractivity contribution in [2.75, 3.05) is 13.6 Å². The van der Waals surface area contributed by atoms with Crippen molar-refractivity contribution in [3.63, 3.8) is 0 Å². The molecule has 6 nitrogen and oxygen atoms in total. The predicted octanol–water partition coefficient (Wildman–Crippen LogP) is 5.11. The second-order valence-electron chi connectivity index (χ2n) is 8.87. The number of oxazole rings is 1. The molecule has 0 spiro atoms. The van der Waals surface area contributed by atoms with E-state index >= 15 is 0 Å². The number of hydrogen-bond donors (Lipinski definition) is 0. The van der Waals surface area contributed by atoms with Gasteiger partial charge >= 0.3 is 0 Å². The topological polar surface area (TPSA) is 66.7 Å². The third-order valence-corrected chi connectivity index (χ3v) is 8.54. The monoisotopic (exact) mass is 431 g/mol. The van der Waals surface area contributed by atoms with E-state index in [1.165, 1.54) is 6.42 Å². The molecule has 2 aromatic rings. The molecule has 1 aliphatic heterocycles. The molecule has 1 aromatic carbocycles. The van der Waals surface area contributed by atoms with E-state index < -0.39 is 10.2 Å². The lowest BCUT2D eigenvalue weighted by molar-refractivity contribution is 0.248. The van der Waals surface area contributed by atoms with Gasteiger partial charge in [-0.25, -0.2) is 4.98 Å². The lowest BCUT2D eigenvalue weighted by atomic mass is 9.96. The van der Waals surface area contributed by atoms with Crippen LogP contribution in [0.25, 0.3) is 11.3 Å². The number of aromatic nitrogens is 1. The summed E-state index contributed by atoms with van der Waals surface area (Å²) in [4.78, 5) is 4.83. The molecule has 2 aliphatic rings. The zero-order valence-corrected chi connectivity index (χ0v) is 19.1. The van der Waals surface area contributed by atoms with Gasteiger partial charge in [0.25, 0.3) is 10.2 Å². The highest BCUT2D eigenvalue weighted by molar-refractivity contribution is 7.86. The van der Waals surface area contributed by atoms with E-state index in [-0.39, 0.29) is 18.0 Å². The van der Waals surface area contributed by atoms with E-state index in [0.717, 1.165) is 55.5 Å². The maximum absolute atomic E-state index is 13.5. The Morgan fingerprint density at radius 3 is 2.43 bits per heavy atom. The molecule has 0 bridgehead atoms. The molecule has 1 aliphatic carbocycles. The van der Waals surface area contributed by atoms with Crippen LogP contribution in [0.15, 0.2) is 34.7 Å². The highest BCUT2D eigenvalue weighted by atomic mass is 32.2. The lowest BCUT2D eigenvalue weighted by Crippen LogP contribution is -2.46. The van der Waals surface area contributed by atoms with Gasteiger partial charge in [-0.05, 0) is 25.7 Å². The summed E-state index contributed by atoms with van der Waals surface area (Å²) in [5.74, 6) is 1.51. The Hall–Kier alpha value is -1.70. The zero-order valence-electron chi connectivity index (χ0n) is 18.3. The Bertz CT molecular complexity index is 949. The summed E-state index contributed by atoms with van der Waals surface area (Å²) in [5.41, 5.74) is 1.83. The van der Waals surface area contributed by atoms with E-state index in [1.54, 1.807) is 15.7 Å². The Labute approximate surface area is 180 Å². The molecule has 2 fully saturated rings. The molecule has 30 heavy (non-hydrogen) atoms. The summed E-state index contributed by atoms with van der Waals surface area (Å²) in [6.45, 7) is 4.68. The maximum Gasteiger partial charge on any atom is 0.282 e. The van der Waals surface area contributed by atoms with Gasteiger partial charge in [-0.1, -0.05) is 63.4 Å². The first-order valence-corrected chi connectivity index (χ1v) is 12.6. The average molecular weight is 432 g/mol. The fraction of sp³-hybridized carbons (Fsp3) is 0.609. The summed E-state index contributed by atoms with van der Waals surface area (Å²) >= 11 is 0. The summed E-state index contributed by atoms with van der Waals surface area (Å²) in [6.07, 6.45) is 6.86. The van der Waals surface area contributed by atoms with E-state index in [0.29, 0.717) is 12.4 Å². The molecule has 1 atom stereocenters. The largest absolute Gasteiger partial charge is 0.443 e. The van der Waals surface area contributed by atoms with Crippen molar-refractivity contribution in [3.8, 4) is 11.3 Å². The molecule has 164 valence electrons. The first-order valence-electron chi connectivity index (χ1n) is 11.2. The number of rotatable bonds is 6. The number of nitrogens with zero attached hydrogens (tertiary/aromatic N) is 3. The quantitative estimate of drug-likeness (QED) is 0.637. The van der Waals surface area contributed by atoms with E-state index in [4.69, 9.17) is 9.40 Å². The van der Waals surface area contributed by atoms with Crippen LogP contribution in [-0.4, -0.2) is 41.6 Å². The van der Waals surface area contributed by atoms with Crippen LogP contribution in [-0.2, 0) is 10.2 Å². The molecule has 0 amide bonds. The SMILES string of the molecule is CC(C)c1oc([C@H]2CCCN2S(=O)(=O)N(C)C2CCCCC2)nc1-c1ccccc1. The average Bonchev–Trinajstić information content (AvgIpc) is 3.42. The fourth-order valence-electron chi connectivity index (χ4n) is 4.75. The van der Waals surface area contributed by atoms with Crippen LogP contribution in [0.2, 0.25) is 0 Å². The molecular formula is C23H33N3O3S. The molecule has 0 radical (unpaired) electrons. The summed E-state index contributed by atoms with van der Waals surface area (Å²) in [5, 5.41) is 0. The molecule has 1 saturated carbocycles. The Balaban J connectivity index is 1.65. The molecule has 1 aromatic heterocycles. The van der Waals surface area contributed by atoms with Crippen LogP contribution in [0.4, 0.5) is 0 Å². The van der Waals surface area contributed by atoms with Gasteiger partial charge < -0.3 is 4.42 Å². The second kappa shape index (κ2) is 8.81. The van der Waals surface area contributed by atoms with Gasteiger partial charge in [-0.15, -0.1) is 0 Å². The Morgan fingerprint density at radius 1 is 1.07 bits per heavy atom. The van der Waals surface area contributed by atoms with Gasteiger partial charge in [0.05, 0.1) is 0 Å².